The molecule has 0 saturated carbocycles. The van der Waals surface area contributed by atoms with Crippen LogP contribution in [0.4, 0.5) is 11.5 Å². The summed E-state index contributed by atoms with van der Waals surface area (Å²) < 4.78 is 5.28. The van der Waals surface area contributed by atoms with E-state index < -0.39 is 0 Å². The van der Waals surface area contributed by atoms with E-state index >= 15 is 0 Å². The minimum absolute atomic E-state index is 0.00423. The zero-order valence-electron chi connectivity index (χ0n) is 14.0. The normalized spacial score (nSPS) is 15.2. The van der Waals surface area contributed by atoms with Gasteiger partial charge in [-0.15, -0.1) is 5.10 Å². The van der Waals surface area contributed by atoms with Crippen molar-refractivity contribution < 1.29 is 9.53 Å². The summed E-state index contributed by atoms with van der Waals surface area (Å²) in [5.74, 6) is 1.61. The number of nitrogens with zero attached hydrogens (tertiary/aromatic N) is 3. The van der Waals surface area contributed by atoms with Crippen LogP contribution in [0.25, 0.3) is 0 Å². The van der Waals surface area contributed by atoms with Gasteiger partial charge in [0.25, 0.3) is 0 Å². The second kappa shape index (κ2) is 7.29. The van der Waals surface area contributed by atoms with E-state index in [9.17, 15) is 4.79 Å². The molecule has 1 aromatic carbocycles. The third-order valence-electron chi connectivity index (χ3n) is 4.34. The fourth-order valence-electron chi connectivity index (χ4n) is 2.91. The minimum atomic E-state index is 0.00423. The molecule has 3 rings (SSSR count). The molecule has 1 aliphatic heterocycles. The summed E-state index contributed by atoms with van der Waals surface area (Å²) in [6, 6.07) is 11.4. The van der Waals surface area contributed by atoms with Crippen molar-refractivity contribution in [3.05, 3.63) is 42.1 Å². The van der Waals surface area contributed by atoms with Crippen LogP contribution in [0, 0.1) is 12.8 Å². The average molecular weight is 326 g/mol. The van der Waals surface area contributed by atoms with Crippen molar-refractivity contribution in [3.63, 3.8) is 0 Å². The number of hydrogen-bond donors (Lipinski definition) is 1. The molecule has 1 aromatic heterocycles. The van der Waals surface area contributed by atoms with Gasteiger partial charge in [0.1, 0.15) is 5.75 Å². The molecule has 0 atom stereocenters. The number of nitrogens with one attached hydrogen (secondary N) is 1. The lowest BCUT2D eigenvalue weighted by molar-refractivity contribution is -0.120. The van der Waals surface area contributed by atoms with E-state index in [1.54, 1.807) is 7.11 Å². The summed E-state index contributed by atoms with van der Waals surface area (Å²) in [5, 5.41) is 11.3. The molecule has 0 aliphatic carbocycles. The molecule has 24 heavy (non-hydrogen) atoms. The molecule has 126 valence electrons. The monoisotopic (exact) mass is 326 g/mol. The van der Waals surface area contributed by atoms with Crippen LogP contribution in [0.2, 0.25) is 0 Å². The van der Waals surface area contributed by atoms with Gasteiger partial charge in [-0.3, -0.25) is 4.79 Å². The largest absolute Gasteiger partial charge is 0.495 e. The Morgan fingerprint density at radius 3 is 2.58 bits per heavy atom. The van der Waals surface area contributed by atoms with Crippen LogP contribution >= 0.6 is 0 Å². The smallest absolute Gasteiger partial charge is 0.227 e. The summed E-state index contributed by atoms with van der Waals surface area (Å²) in [6.45, 7) is 3.54. The molecule has 1 N–H and O–H groups in total. The standard InChI is InChI=1S/C18H22N4O2/c1-13-7-8-17(21-20-13)22-11-9-14(10-12-22)18(23)19-15-5-3-4-6-16(15)24-2/h3-8,14H,9-12H2,1-2H3,(H,19,23). The maximum atomic E-state index is 12.5. The highest BCUT2D eigenvalue weighted by molar-refractivity contribution is 5.94. The van der Waals surface area contributed by atoms with E-state index in [1.807, 2.05) is 43.3 Å². The van der Waals surface area contributed by atoms with E-state index in [-0.39, 0.29) is 11.8 Å². The van der Waals surface area contributed by atoms with Crippen LogP contribution in [0.15, 0.2) is 36.4 Å². The SMILES string of the molecule is COc1ccccc1NC(=O)C1CCN(c2ccc(C)nn2)CC1. The van der Waals surface area contributed by atoms with E-state index in [0.717, 1.165) is 43.1 Å². The maximum Gasteiger partial charge on any atom is 0.227 e. The Hall–Kier alpha value is -2.63. The van der Waals surface area contributed by atoms with Crippen molar-refractivity contribution in [1.29, 1.82) is 0 Å². The number of methoxy groups -OCH3 is 1. The van der Waals surface area contributed by atoms with Gasteiger partial charge < -0.3 is 15.0 Å². The second-order valence-corrected chi connectivity index (χ2v) is 5.98. The van der Waals surface area contributed by atoms with Gasteiger partial charge in [0.15, 0.2) is 5.82 Å². The number of rotatable bonds is 4. The van der Waals surface area contributed by atoms with E-state index in [4.69, 9.17) is 4.74 Å². The van der Waals surface area contributed by atoms with Crippen molar-refractivity contribution in [2.45, 2.75) is 19.8 Å². The molecule has 0 radical (unpaired) electrons. The van der Waals surface area contributed by atoms with Crippen molar-refractivity contribution in [1.82, 2.24) is 10.2 Å². The molecule has 1 fully saturated rings. The van der Waals surface area contributed by atoms with Crippen LogP contribution in [0.3, 0.4) is 0 Å². The molecule has 0 unspecified atom stereocenters. The number of aryl methyl sites for hydroxylation is 1. The molecule has 2 aromatic rings. The fraction of sp³-hybridized carbons (Fsp3) is 0.389. The van der Waals surface area contributed by atoms with Crippen molar-refractivity contribution in [2.75, 3.05) is 30.4 Å². The molecule has 6 nitrogen and oxygen atoms in total. The molecular weight excluding hydrogens is 304 g/mol. The minimum Gasteiger partial charge on any atom is -0.495 e. The third-order valence-corrected chi connectivity index (χ3v) is 4.34. The first-order chi connectivity index (χ1) is 11.7. The molecular formula is C18H22N4O2. The number of carbonyl (C=O) groups excluding carboxylic acids is 1. The maximum absolute atomic E-state index is 12.5. The highest BCUT2D eigenvalue weighted by Gasteiger charge is 2.26. The Balaban J connectivity index is 1.58. The Kier molecular flexibility index (Phi) is 4.93. The Labute approximate surface area is 141 Å². The summed E-state index contributed by atoms with van der Waals surface area (Å²) in [5.41, 5.74) is 1.63. The van der Waals surface area contributed by atoms with Gasteiger partial charge >= 0.3 is 0 Å². The molecule has 1 amide bonds. The zero-order chi connectivity index (χ0) is 16.9. The van der Waals surface area contributed by atoms with Gasteiger partial charge in [0.2, 0.25) is 5.91 Å². The summed E-state index contributed by atoms with van der Waals surface area (Å²) in [6.07, 6.45) is 1.60. The summed E-state index contributed by atoms with van der Waals surface area (Å²) in [7, 11) is 1.60. The lowest BCUT2D eigenvalue weighted by atomic mass is 9.95. The number of anilines is 2. The Morgan fingerprint density at radius 1 is 1.17 bits per heavy atom. The van der Waals surface area contributed by atoms with Crippen molar-refractivity contribution in [3.8, 4) is 5.75 Å². The van der Waals surface area contributed by atoms with E-state index in [0.29, 0.717) is 5.75 Å². The van der Waals surface area contributed by atoms with Crippen LogP contribution < -0.4 is 15.0 Å². The van der Waals surface area contributed by atoms with Gasteiger partial charge in [-0.25, -0.2) is 0 Å². The topological polar surface area (TPSA) is 67.3 Å². The van der Waals surface area contributed by atoms with Gasteiger partial charge in [0.05, 0.1) is 18.5 Å². The lowest BCUT2D eigenvalue weighted by Gasteiger charge is -2.31. The highest BCUT2D eigenvalue weighted by Crippen LogP contribution is 2.26. The molecule has 0 spiro atoms. The third kappa shape index (κ3) is 3.64. The van der Waals surface area contributed by atoms with Gasteiger partial charge in [0, 0.05) is 19.0 Å². The number of ether oxygens (including phenoxy) is 1. The number of hydrogen-bond acceptors (Lipinski definition) is 5. The molecule has 2 heterocycles. The van der Waals surface area contributed by atoms with Crippen molar-refractivity contribution in [2.24, 2.45) is 5.92 Å². The highest BCUT2D eigenvalue weighted by atomic mass is 16.5. The lowest BCUT2D eigenvalue weighted by Crippen LogP contribution is -2.38. The number of aromatic nitrogens is 2. The first-order valence-corrected chi connectivity index (χ1v) is 8.16. The van der Waals surface area contributed by atoms with E-state index in [1.165, 1.54) is 0 Å². The number of piperidine rings is 1. The summed E-state index contributed by atoms with van der Waals surface area (Å²) in [4.78, 5) is 14.7. The van der Waals surface area contributed by atoms with Crippen LogP contribution in [0.1, 0.15) is 18.5 Å². The second-order valence-electron chi connectivity index (χ2n) is 5.98. The quantitative estimate of drug-likeness (QED) is 0.935. The van der Waals surface area contributed by atoms with Gasteiger partial charge in [-0.2, -0.15) is 5.10 Å². The van der Waals surface area contributed by atoms with E-state index in [2.05, 4.69) is 20.4 Å². The van der Waals surface area contributed by atoms with Gasteiger partial charge in [-0.1, -0.05) is 12.1 Å². The summed E-state index contributed by atoms with van der Waals surface area (Å²) >= 11 is 0. The predicted molar refractivity (Wildman–Crippen MR) is 93.3 cm³/mol. The number of benzene rings is 1. The Morgan fingerprint density at radius 2 is 1.92 bits per heavy atom. The molecule has 1 aliphatic rings. The molecule has 6 heteroatoms. The average Bonchev–Trinajstić information content (AvgIpc) is 2.63. The zero-order valence-corrected chi connectivity index (χ0v) is 14.0. The van der Waals surface area contributed by atoms with Crippen LogP contribution in [0.5, 0.6) is 5.75 Å². The first kappa shape index (κ1) is 16.2. The van der Waals surface area contributed by atoms with Crippen LogP contribution in [-0.2, 0) is 4.79 Å². The first-order valence-electron chi connectivity index (χ1n) is 8.16. The molecule has 1 saturated heterocycles. The van der Waals surface area contributed by atoms with Crippen molar-refractivity contribution >= 4 is 17.4 Å². The molecule has 0 bridgehead atoms. The Bertz CT molecular complexity index is 694. The number of amides is 1. The predicted octanol–water partition coefficient (Wildman–Crippen LogP) is 2.65. The number of carbonyl (C=O) groups is 1. The van der Waals surface area contributed by atoms with Crippen LogP contribution in [-0.4, -0.2) is 36.3 Å². The fourth-order valence-corrected chi connectivity index (χ4v) is 2.91. The number of para-hydroxylation sites is 2. The van der Waals surface area contributed by atoms with Gasteiger partial charge in [-0.05, 0) is 44.0 Å².